The molecule has 0 bridgehead atoms. The molecule has 33 heavy (non-hydrogen) atoms. The van der Waals surface area contributed by atoms with Gasteiger partial charge in [-0.25, -0.2) is 8.78 Å². The number of ether oxygens (including phenoxy) is 2. The number of rotatable bonds is 9. The van der Waals surface area contributed by atoms with E-state index in [1.54, 1.807) is 6.07 Å². The van der Waals surface area contributed by atoms with Gasteiger partial charge in [0.1, 0.15) is 35.8 Å². The van der Waals surface area contributed by atoms with E-state index >= 15 is 0 Å². The maximum absolute atomic E-state index is 13.5. The van der Waals surface area contributed by atoms with Crippen molar-refractivity contribution < 1.29 is 28.2 Å². The zero-order valence-corrected chi connectivity index (χ0v) is 21.1. The van der Waals surface area contributed by atoms with Gasteiger partial charge < -0.3 is 19.9 Å². The number of carbonyl (C=O) groups excluding carboxylic acids is 1. The van der Waals surface area contributed by atoms with Crippen LogP contribution in [0.3, 0.4) is 0 Å². The molecule has 1 aliphatic heterocycles. The molecule has 0 aliphatic carbocycles. The molecule has 0 aromatic heterocycles. The van der Waals surface area contributed by atoms with E-state index in [4.69, 9.17) is 32.7 Å². The SMILES string of the molecule is O=C(COc1ccc(Cl)c(F)c1)NC1CCN(CC(O)COc2ccc(Cl)c(F)c2)C(I)C1. The molecular weight excluding hydrogens is 592 g/mol. The average molecular weight is 615 g/mol. The normalized spacial score (nSPS) is 19.7. The standard InChI is InChI=1S/C22H23Cl2F2IN2O4/c23-17-3-1-15(8-19(17)25)32-11-14(30)10-29-6-5-13(7-21(29)27)28-22(31)12-33-16-2-4-18(24)20(26)9-16/h1-4,8-9,13-14,21,30H,5-7,10-12H2,(H,28,31). The molecule has 2 aromatic rings. The molecule has 180 valence electrons. The van der Waals surface area contributed by atoms with Crippen LogP contribution in [0.1, 0.15) is 12.8 Å². The van der Waals surface area contributed by atoms with Crippen LogP contribution >= 0.6 is 45.8 Å². The minimum atomic E-state index is -0.764. The van der Waals surface area contributed by atoms with Crippen LogP contribution in [0.15, 0.2) is 36.4 Å². The molecule has 2 aromatic carbocycles. The first kappa shape index (κ1) is 26.2. The minimum absolute atomic E-state index is 0.0102. The number of aliphatic hydroxyl groups excluding tert-OH is 1. The summed E-state index contributed by atoms with van der Waals surface area (Å²) in [6.45, 7) is 0.850. The number of nitrogens with one attached hydrogen (secondary N) is 1. The largest absolute Gasteiger partial charge is 0.491 e. The van der Waals surface area contributed by atoms with Gasteiger partial charge in [-0.2, -0.15) is 0 Å². The number of likely N-dealkylation sites (tertiary alicyclic amines) is 1. The fourth-order valence-corrected chi connectivity index (χ4v) is 4.72. The van der Waals surface area contributed by atoms with E-state index in [0.717, 1.165) is 6.07 Å². The van der Waals surface area contributed by atoms with E-state index in [0.29, 0.717) is 31.7 Å². The Balaban J connectivity index is 1.38. The lowest BCUT2D eigenvalue weighted by Gasteiger charge is -2.37. The molecule has 1 amide bonds. The number of hydrogen-bond acceptors (Lipinski definition) is 5. The van der Waals surface area contributed by atoms with Crippen LogP contribution in [0.25, 0.3) is 0 Å². The van der Waals surface area contributed by atoms with E-state index < -0.39 is 17.7 Å². The van der Waals surface area contributed by atoms with Crippen LogP contribution < -0.4 is 14.8 Å². The molecule has 2 N–H and O–H groups in total. The van der Waals surface area contributed by atoms with E-state index in [1.807, 2.05) is 0 Å². The monoisotopic (exact) mass is 614 g/mol. The summed E-state index contributed by atoms with van der Waals surface area (Å²) in [7, 11) is 0. The summed E-state index contributed by atoms with van der Waals surface area (Å²) in [5, 5.41) is 13.2. The number of carbonyl (C=O) groups is 1. The summed E-state index contributed by atoms with van der Waals surface area (Å²) in [4.78, 5) is 14.3. The summed E-state index contributed by atoms with van der Waals surface area (Å²) >= 11 is 13.6. The highest BCUT2D eigenvalue weighted by molar-refractivity contribution is 14.1. The first-order chi connectivity index (χ1) is 15.7. The second-order valence-corrected chi connectivity index (χ2v) is 9.88. The van der Waals surface area contributed by atoms with Gasteiger partial charge in [0.05, 0.1) is 14.1 Å². The number of aliphatic hydroxyl groups is 1. The molecule has 0 radical (unpaired) electrons. The van der Waals surface area contributed by atoms with Crippen molar-refractivity contribution in [1.29, 1.82) is 0 Å². The second-order valence-electron chi connectivity index (χ2n) is 7.62. The third-order valence-electron chi connectivity index (χ3n) is 5.04. The van der Waals surface area contributed by atoms with Crippen molar-refractivity contribution in [2.45, 2.75) is 29.0 Å². The summed E-state index contributed by atoms with van der Waals surface area (Å²) < 4.78 is 37.8. The zero-order valence-electron chi connectivity index (χ0n) is 17.4. The molecule has 6 nitrogen and oxygen atoms in total. The van der Waals surface area contributed by atoms with Crippen molar-refractivity contribution >= 4 is 51.7 Å². The van der Waals surface area contributed by atoms with Gasteiger partial charge in [0.15, 0.2) is 6.61 Å². The molecule has 3 atom stereocenters. The Kier molecular flexibility index (Phi) is 9.81. The molecule has 1 fully saturated rings. The molecule has 3 unspecified atom stereocenters. The van der Waals surface area contributed by atoms with Crippen LogP contribution in [-0.4, -0.2) is 58.4 Å². The van der Waals surface area contributed by atoms with Gasteiger partial charge in [0.25, 0.3) is 5.91 Å². The van der Waals surface area contributed by atoms with E-state index in [9.17, 15) is 18.7 Å². The first-order valence-corrected chi connectivity index (χ1v) is 12.2. The molecule has 1 aliphatic rings. The highest BCUT2D eigenvalue weighted by Gasteiger charge is 2.29. The number of alkyl halides is 1. The lowest BCUT2D eigenvalue weighted by molar-refractivity contribution is -0.124. The van der Waals surface area contributed by atoms with Crippen LogP contribution in [0.4, 0.5) is 8.78 Å². The number of hydrogen-bond donors (Lipinski definition) is 2. The fraction of sp³-hybridized carbons (Fsp3) is 0.409. The van der Waals surface area contributed by atoms with Crippen LogP contribution in [-0.2, 0) is 4.79 Å². The summed E-state index contributed by atoms with van der Waals surface area (Å²) in [6.07, 6.45) is 0.634. The lowest BCUT2D eigenvalue weighted by Crippen LogP contribution is -2.50. The third-order valence-corrected chi connectivity index (χ3v) is 6.95. The first-order valence-electron chi connectivity index (χ1n) is 10.2. The molecule has 3 rings (SSSR count). The van der Waals surface area contributed by atoms with Crippen molar-refractivity contribution in [2.24, 2.45) is 0 Å². The van der Waals surface area contributed by atoms with Gasteiger partial charge in [0, 0.05) is 31.3 Å². The third kappa shape index (κ3) is 8.10. The number of halogens is 5. The smallest absolute Gasteiger partial charge is 0.258 e. The maximum atomic E-state index is 13.5. The van der Waals surface area contributed by atoms with Crippen LogP contribution in [0.2, 0.25) is 10.0 Å². The Morgan fingerprint density at radius 1 is 1.15 bits per heavy atom. The molecule has 1 saturated heterocycles. The Morgan fingerprint density at radius 3 is 2.33 bits per heavy atom. The average Bonchev–Trinajstić information content (AvgIpc) is 2.77. The topological polar surface area (TPSA) is 71.0 Å². The number of nitrogens with zero attached hydrogens (tertiary/aromatic N) is 1. The number of amides is 1. The van der Waals surface area contributed by atoms with Crippen molar-refractivity contribution in [3.05, 3.63) is 58.1 Å². The Bertz CT molecular complexity index is 972. The van der Waals surface area contributed by atoms with Gasteiger partial charge >= 0.3 is 0 Å². The van der Waals surface area contributed by atoms with E-state index in [-0.39, 0.29) is 45.0 Å². The Labute approximate surface area is 214 Å². The van der Waals surface area contributed by atoms with E-state index in [1.165, 1.54) is 24.3 Å². The number of β-amino-alcohol motifs (C(OH)–C–C–N with tert-alkyl or cyclic N) is 1. The Hall–Kier alpha value is -1.40. The quantitative estimate of drug-likeness (QED) is 0.248. The van der Waals surface area contributed by atoms with Crippen LogP contribution in [0, 0.1) is 11.6 Å². The molecule has 0 saturated carbocycles. The summed E-state index contributed by atoms with van der Waals surface area (Å²) in [6, 6.07) is 8.08. The second kappa shape index (κ2) is 12.3. The predicted molar refractivity (Wildman–Crippen MR) is 130 cm³/mol. The van der Waals surface area contributed by atoms with Gasteiger partial charge in [-0.15, -0.1) is 0 Å². The predicted octanol–water partition coefficient (Wildman–Crippen LogP) is 4.43. The Morgan fingerprint density at radius 2 is 1.76 bits per heavy atom. The fourth-order valence-electron chi connectivity index (χ4n) is 3.37. The van der Waals surface area contributed by atoms with Gasteiger partial charge in [-0.05, 0) is 37.1 Å². The summed E-state index contributed by atoms with van der Waals surface area (Å²) in [5.74, 6) is -0.956. The van der Waals surface area contributed by atoms with E-state index in [2.05, 4.69) is 32.8 Å². The lowest BCUT2D eigenvalue weighted by atomic mass is 10.0. The van der Waals surface area contributed by atoms with Gasteiger partial charge in [0.2, 0.25) is 0 Å². The molecule has 1 heterocycles. The minimum Gasteiger partial charge on any atom is -0.491 e. The highest BCUT2D eigenvalue weighted by Crippen LogP contribution is 2.24. The van der Waals surface area contributed by atoms with Crippen molar-refractivity contribution in [3.63, 3.8) is 0 Å². The molecule has 0 spiro atoms. The number of benzene rings is 2. The number of piperidine rings is 1. The van der Waals surface area contributed by atoms with Crippen molar-refractivity contribution in [2.75, 3.05) is 26.3 Å². The van der Waals surface area contributed by atoms with Gasteiger partial charge in [-0.3, -0.25) is 9.69 Å². The maximum Gasteiger partial charge on any atom is 0.258 e. The van der Waals surface area contributed by atoms with Crippen LogP contribution in [0.5, 0.6) is 11.5 Å². The molecule has 11 heteroatoms. The van der Waals surface area contributed by atoms with Crippen molar-refractivity contribution in [1.82, 2.24) is 10.2 Å². The highest BCUT2D eigenvalue weighted by atomic mass is 127. The summed E-state index contributed by atoms with van der Waals surface area (Å²) in [5.41, 5.74) is 0. The molecular formula is C22H23Cl2F2IN2O4. The zero-order chi connectivity index (χ0) is 24.0. The van der Waals surface area contributed by atoms with Gasteiger partial charge in [-0.1, -0.05) is 45.8 Å². The van der Waals surface area contributed by atoms with Crippen molar-refractivity contribution in [3.8, 4) is 11.5 Å².